The van der Waals surface area contributed by atoms with Crippen LogP contribution in [0.5, 0.6) is 0 Å². The average molecular weight is 443 g/mol. The van der Waals surface area contributed by atoms with Gasteiger partial charge in [0.1, 0.15) is 5.00 Å². The highest BCUT2D eigenvalue weighted by molar-refractivity contribution is 7.91. The maximum atomic E-state index is 12.7. The summed E-state index contributed by atoms with van der Waals surface area (Å²) in [4.78, 5) is 33.3. The molecule has 150 valence electrons. The second-order valence-electron chi connectivity index (χ2n) is 6.40. The van der Waals surface area contributed by atoms with E-state index < -0.39 is 26.8 Å². The molecule has 11 heteroatoms. The minimum absolute atomic E-state index is 0.0881. The number of rotatable bonds is 6. The molecule has 8 nitrogen and oxygen atoms in total. The summed E-state index contributed by atoms with van der Waals surface area (Å²) in [6.07, 6.45) is 4.99. The number of nitrogens with one attached hydrogen (secondary N) is 1. The number of primary amides is 1. The topological polar surface area (TPSA) is 132 Å². The number of hydrogen-bond donors (Lipinski definition) is 2. The number of amides is 2. The number of halogens is 1. The Morgan fingerprint density at radius 2 is 2.04 bits per heavy atom. The normalized spacial score (nSPS) is 13.8. The Balaban J connectivity index is 1.96. The van der Waals surface area contributed by atoms with Crippen LogP contribution in [0.2, 0.25) is 5.02 Å². The largest absolute Gasteiger partial charge is 0.365 e. The van der Waals surface area contributed by atoms with Crippen LogP contribution in [0.1, 0.15) is 57.5 Å². The number of nitrogens with zero attached hydrogens (tertiary/aromatic N) is 2. The van der Waals surface area contributed by atoms with Gasteiger partial charge in [0, 0.05) is 4.88 Å². The number of aryl methyl sites for hydroxylation is 1. The van der Waals surface area contributed by atoms with Crippen LogP contribution in [0.15, 0.2) is 11.4 Å². The molecule has 2 heterocycles. The second-order valence-corrected chi connectivity index (χ2v) is 9.92. The highest BCUT2D eigenvalue weighted by atomic mass is 35.5. The Morgan fingerprint density at radius 1 is 1.32 bits per heavy atom. The molecule has 2 amide bonds. The Bertz CT molecular complexity index is 1050. The quantitative estimate of drug-likeness (QED) is 0.660. The highest BCUT2D eigenvalue weighted by Gasteiger charge is 2.27. The van der Waals surface area contributed by atoms with Gasteiger partial charge < -0.3 is 11.1 Å². The molecular weight excluding hydrogens is 424 g/mol. The molecule has 0 aliphatic heterocycles. The number of thiophene rings is 1. The minimum Gasteiger partial charge on any atom is -0.365 e. The van der Waals surface area contributed by atoms with E-state index >= 15 is 0 Å². The first-order chi connectivity index (χ1) is 13.2. The Hall–Kier alpha value is -2.04. The molecule has 0 saturated carbocycles. The van der Waals surface area contributed by atoms with Gasteiger partial charge in [-0.1, -0.05) is 18.5 Å². The number of carbonyl (C=O) groups is 2. The fourth-order valence-corrected chi connectivity index (χ4v) is 5.73. The summed E-state index contributed by atoms with van der Waals surface area (Å²) in [5.41, 5.74) is 6.43. The van der Waals surface area contributed by atoms with Crippen LogP contribution < -0.4 is 11.1 Å². The summed E-state index contributed by atoms with van der Waals surface area (Å²) in [7, 11) is -3.71. The van der Waals surface area contributed by atoms with Gasteiger partial charge in [0.25, 0.3) is 11.8 Å². The molecule has 2 aromatic rings. The number of sulfone groups is 1. The lowest BCUT2D eigenvalue weighted by atomic mass is 9.95. The van der Waals surface area contributed by atoms with E-state index in [4.69, 9.17) is 17.3 Å². The molecule has 0 bridgehead atoms. The summed E-state index contributed by atoms with van der Waals surface area (Å²) in [6, 6.07) is 0. The van der Waals surface area contributed by atoms with Crippen LogP contribution in [0.25, 0.3) is 0 Å². The summed E-state index contributed by atoms with van der Waals surface area (Å²) in [6.45, 7) is 1.71. The summed E-state index contributed by atoms with van der Waals surface area (Å²) in [5.74, 6) is -1.48. The Kier molecular flexibility index (Phi) is 6.01. The molecule has 28 heavy (non-hydrogen) atoms. The van der Waals surface area contributed by atoms with Gasteiger partial charge in [0.15, 0.2) is 5.69 Å². The highest BCUT2D eigenvalue weighted by Crippen LogP contribution is 2.38. The van der Waals surface area contributed by atoms with E-state index in [2.05, 4.69) is 15.3 Å². The average Bonchev–Trinajstić information content (AvgIpc) is 2.99. The Morgan fingerprint density at radius 3 is 2.71 bits per heavy atom. The van der Waals surface area contributed by atoms with Crippen LogP contribution >= 0.6 is 22.9 Å². The van der Waals surface area contributed by atoms with Gasteiger partial charge >= 0.3 is 0 Å². The van der Waals surface area contributed by atoms with E-state index in [1.807, 2.05) is 0 Å². The van der Waals surface area contributed by atoms with Gasteiger partial charge in [-0.05, 0) is 37.7 Å². The van der Waals surface area contributed by atoms with Gasteiger partial charge in [-0.3, -0.25) is 9.59 Å². The number of fused-ring (bicyclic) bond motifs is 1. The zero-order valence-corrected chi connectivity index (χ0v) is 17.5. The summed E-state index contributed by atoms with van der Waals surface area (Å²) in [5, 5.41) is 2.41. The molecule has 0 unspecified atom stereocenters. The first-order valence-corrected chi connectivity index (χ1v) is 11.6. The predicted molar refractivity (Wildman–Crippen MR) is 107 cm³/mol. The zero-order chi connectivity index (χ0) is 20.5. The van der Waals surface area contributed by atoms with Gasteiger partial charge in [-0.15, -0.1) is 11.3 Å². The van der Waals surface area contributed by atoms with Crippen molar-refractivity contribution in [1.29, 1.82) is 0 Å². The number of nitrogens with two attached hydrogens (primary N) is 1. The maximum Gasteiger partial charge on any atom is 0.276 e. The van der Waals surface area contributed by atoms with E-state index in [0.717, 1.165) is 42.3 Å². The molecule has 1 aliphatic rings. The van der Waals surface area contributed by atoms with Crippen LogP contribution in [0.4, 0.5) is 5.00 Å². The second kappa shape index (κ2) is 8.14. The lowest BCUT2D eigenvalue weighted by Gasteiger charge is -2.11. The van der Waals surface area contributed by atoms with Crippen molar-refractivity contribution in [3.63, 3.8) is 0 Å². The number of aromatic nitrogens is 2. The molecule has 0 fully saturated rings. The molecule has 1 aliphatic carbocycles. The number of carbonyl (C=O) groups excluding carboxylic acids is 2. The van der Waals surface area contributed by atoms with Gasteiger partial charge in [-0.2, -0.15) is 0 Å². The lowest BCUT2D eigenvalue weighted by Crippen LogP contribution is -2.21. The third-order valence-electron chi connectivity index (χ3n) is 4.33. The van der Waals surface area contributed by atoms with Crippen molar-refractivity contribution in [2.24, 2.45) is 5.73 Å². The Labute approximate surface area is 171 Å². The molecule has 3 rings (SSSR count). The van der Waals surface area contributed by atoms with E-state index in [9.17, 15) is 18.0 Å². The fourth-order valence-electron chi connectivity index (χ4n) is 3.10. The summed E-state index contributed by atoms with van der Waals surface area (Å²) < 4.78 is 24.4. The van der Waals surface area contributed by atoms with E-state index in [-0.39, 0.29) is 16.5 Å². The van der Waals surface area contributed by atoms with Crippen molar-refractivity contribution < 1.29 is 18.0 Å². The van der Waals surface area contributed by atoms with Crippen molar-refractivity contribution in [2.75, 3.05) is 11.1 Å². The van der Waals surface area contributed by atoms with E-state index in [0.29, 0.717) is 17.0 Å². The van der Waals surface area contributed by atoms with Crippen molar-refractivity contribution >= 4 is 49.6 Å². The number of hydrogen-bond acceptors (Lipinski definition) is 7. The minimum atomic E-state index is -3.71. The van der Waals surface area contributed by atoms with Crippen molar-refractivity contribution in [2.45, 2.75) is 44.2 Å². The van der Waals surface area contributed by atoms with Gasteiger partial charge in [-0.25, -0.2) is 18.4 Å². The molecule has 2 aromatic heterocycles. The third kappa shape index (κ3) is 4.03. The first-order valence-electron chi connectivity index (χ1n) is 8.75. The fraction of sp³-hybridized carbons (Fsp3) is 0.412. The smallest absolute Gasteiger partial charge is 0.276 e. The van der Waals surface area contributed by atoms with Crippen LogP contribution in [0.3, 0.4) is 0 Å². The molecular formula is C17H19ClN4O4S2. The standard InChI is InChI=1S/C17H19ClN4O4S2/c1-2-7-28(25,26)17-20-8-10(18)13(21-17)15(24)22-16-12(14(19)23)9-5-3-4-6-11(9)27-16/h8H,2-7H2,1H3,(H2,19,23)(H,22,24). The molecule has 0 atom stereocenters. The third-order valence-corrected chi connectivity index (χ3v) is 7.52. The van der Waals surface area contributed by atoms with Crippen molar-refractivity contribution in [3.05, 3.63) is 32.9 Å². The molecule has 3 N–H and O–H groups in total. The zero-order valence-electron chi connectivity index (χ0n) is 15.1. The van der Waals surface area contributed by atoms with Gasteiger partial charge in [0.05, 0.1) is 22.5 Å². The van der Waals surface area contributed by atoms with Crippen LogP contribution in [0, 0.1) is 0 Å². The lowest BCUT2D eigenvalue weighted by molar-refractivity contribution is 0.100. The molecule has 0 spiro atoms. The van der Waals surface area contributed by atoms with E-state index in [1.165, 1.54) is 11.3 Å². The van der Waals surface area contributed by atoms with Gasteiger partial charge in [0.2, 0.25) is 15.0 Å². The maximum absolute atomic E-state index is 12.7. The first kappa shape index (κ1) is 20.7. The molecule has 0 radical (unpaired) electrons. The summed E-state index contributed by atoms with van der Waals surface area (Å²) >= 11 is 7.32. The molecule has 0 aromatic carbocycles. The van der Waals surface area contributed by atoms with Crippen LogP contribution in [-0.4, -0.2) is 36.0 Å². The van der Waals surface area contributed by atoms with Crippen molar-refractivity contribution in [3.8, 4) is 0 Å². The predicted octanol–water partition coefficient (Wildman–Crippen LogP) is 2.61. The number of anilines is 1. The SMILES string of the molecule is CCCS(=O)(=O)c1ncc(Cl)c(C(=O)Nc2sc3c(c2C(N)=O)CCCC3)n1. The molecule has 0 saturated heterocycles. The van der Waals surface area contributed by atoms with E-state index in [1.54, 1.807) is 6.92 Å². The monoisotopic (exact) mass is 442 g/mol. The van der Waals surface area contributed by atoms with Crippen molar-refractivity contribution in [1.82, 2.24) is 9.97 Å². The van der Waals surface area contributed by atoms with Crippen LogP contribution in [-0.2, 0) is 22.7 Å².